The lowest BCUT2D eigenvalue weighted by Gasteiger charge is -2.06. The zero-order chi connectivity index (χ0) is 17.8. The Morgan fingerprint density at radius 3 is 2.84 bits per heavy atom. The van der Waals surface area contributed by atoms with E-state index in [2.05, 4.69) is 15.1 Å². The Kier molecular flexibility index (Phi) is 4.51. The van der Waals surface area contributed by atoms with E-state index in [0.29, 0.717) is 5.56 Å². The Bertz CT molecular complexity index is 938. The third-order valence-corrected chi connectivity index (χ3v) is 3.16. The molecule has 0 atom stereocenters. The van der Waals surface area contributed by atoms with Crippen LogP contribution in [-0.2, 0) is 4.79 Å². The van der Waals surface area contributed by atoms with Crippen molar-refractivity contribution in [1.82, 2.24) is 15.1 Å². The number of aliphatic carboxylic acids is 1. The number of hydrogen-bond donors (Lipinski definition) is 1. The number of carboxylic acids is 1. The quantitative estimate of drug-likeness (QED) is 0.709. The Morgan fingerprint density at radius 2 is 2.16 bits per heavy atom. The Hall–Kier alpha value is -3.55. The third kappa shape index (κ3) is 3.86. The van der Waals surface area contributed by atoms with Crippen LogP contribution in [0.4, 0.5) is 4.39 Å². The average Bonchev–Trinajstić information content (AvgIpc) is 3.06. The van der Waals surface area contributed by atoms with Crippen LogP contribution in [0, 0.1) is 5.82 Å². The van der Waals surface area contributed by atoms with Crippen molar-refractivity contribution in [2.75, 3.05) is 0 Å². The largest absolute Gasteiger partial charge is 0.478 e. The topological polar surface area (TPSA) is 98.3 Å². The van der Waals surface area contributed by atoms with Crippen molar-refractivity contribution < 1.29 is 23.6 Å². The van der Waals surface area contributed by atoms with Crippen LogP contribution in [0.25, 0.3) is 17.5 Å². The molecule has 3 aromatic rings. The number of ether oxygens (including phenoxy) is 1. The van der Waals surface area contributed by atoms with Crippen molar-refractivity contribution in [3.05, 3.63) is 59.9 Å². The summed E-state index contributed by atoms with van der Waals surface area (Å²) in [6.45, 7) is 1.40. The minimum Gasteiger partial charge on any atom is -0.478 e. The summed E-state index contributed by atoms with van der Waals surface area (Å²) in [4.78, 5) is 18.8. The van der Waals surface area contributed by atoms with E-state index in [4.69, 9.17) is 14.4 Å². The van der Waals surface area contributed by atoms with Crippen molar-refractivity contribution in [3.8, 4) is 23.0 Å². The van der Waals surface area contributed by atoms with Crippen molar-refractivity contribution in [1.29, 1.82) is 0 Å². The molecule has 0 aliphatic heterocycles. The fourth-order valence-electron chi connectivity index (χ4n) is 1.90. The molecule has 1 aromatic carbocycles. The van der Waals surface area contributed by atoms with E-state index >= 15 is 0 Å². The van der Waals surface area contributed by atoms with Gasteiger partial charge < -0.3 is 14.4 Å². The molecule has 3 rings (SSSR count). The van der Waals surface area contributed by atoms with E-state index in [0.717, 1.165) is 0 Å². The number of rotatable bonds is 5. The van der Waals surface area contributed by atoms with Gasteiger partial charge in [-0.1, -0.05) is 11.2 Å². The highest BCUT2D eigenvalue weighted by molar-refractivity contribution is 5.90. The number of carboxylic acid groups (broad SMARTS) is 1. The standard InChI is InChI=1S/C17H12FN3O4/c1-10(17(22)23)8-15-20-16(21-25-15)11-5-6-13(12(18)9-11)24-14-4-2-3-7-19-14/h2-9H,1H3,(H,22,23). The summed E-state index contributed by atoms with van der Waals surface area (Å²) >= 11 is 0. The van der Waals surface area contributed by atoms with Gasteiger partial charge in [0.05, 0.1) is 0 Å². The van der Waals surface area contributed by atoms with Gasteiger partial charge >= 0.3 is 5.97 Å². The SMILES string of the molecule is CC(=Cc1nc(-c2ccc(Oc3ccccn3)c(F)c2)no1)C(=O)O. The number of pyridine rings is 1. The number of hydrogen-bond acceptors (Lipinski definition) is 6. The van der Waals surface area contributed by atoms with Gasteiger partial charge in [-0.2, -0.15) is 4.98 Å². The molecule has 2 aromatic heterocycles. The second-order valence-electron chi connectivity index (χ2n) is 5.00. The predicted octanol–water partition coefficient (Wildman–Crippen LogP) is 3.55. The first-order valence-corrected chi connectivity index (χ1v) is 7.17. The molecule has 0 fully saturated rings. The zero-order valence-corrected chi connectivity index (χ0v) is 13.0. The molecule has 0 saturated carbocycles. The molecule has 0 bridgehead atoms. The monoisotopic (exact) mass is 341 g/mol. The second-order valence-corrected chi connectivity index (χ2v) is 5.00. The first-order chi connectivity index (χ1) is 12.0. The van der Waals surface area contributed by atoms with Crippen molar-refractivity contribution >= 4 is 12.0 Å². The molecule has 1 N–H and O–H groups in total. The van der Waals surface area contributed by atoms with Crippen LogP contribution in [0.1, 0.15) is 12.8 Å². The third-order valence-electron chi connectivity index (χ3n) is 3.16. The van der Waals surface area contributed by atoms with Crippen LogP contribution >= 0.6 is 0 Å². The lowest BCUT2D eigenvalue weighted by atomic mass is 10.2. The van der Waals surface area contributed by atoms with Crippen molar-refractivity contribution in [3.63, 3.8) is 0 Å². The molecular weight excluding hydrogens is 329 g/mol. The van der Waals surface area contributed by atoms with E-state index in [9.17, 15) is 9.18 Å². The van der Waals surface area contributed by atoms with Crippen LogP contribution in [0.5, 0.6) is 11.6 Å². The van der Waals surface area contributed by atoms with Crippen molar-refractivity contribution in [2.24, 2.45) is 0 Å². The second kappa shape index (κ2) is 6.91. The maximum absolute atomic E-state index is 14.2. The fourth-order valence-corrected chi connectivity index (χ4v) is 1.90. The fraction of sp³-hybridized carbons (Fsp3) is 0.0588. The predicted molar refractivity (Wildman–Crippen MR) is 85.3 cm³/mol. The number of aromatic nitrogens is 3. The summed E-state index contributed by atoms with van der Waals surface area (Å²) in [7, 11) is 0. The molecule has 126 valence electrons. The maximum Gasteiger partial charge on any atom is 0.331 e. The van der Waals surface area contributed by atoms with Crippen LogP contribution in [0.2, 0.25) is 0 Å². The molecule has 0 aliphatic rings. The summed E-state index contributed by atoms with van der Waals surface area (Å²) in [5, 5.41) is 12.5. The highest BCUT2D eigenvalue weighted by atomic mass is 19.1. The molecule has 7 nitrogen and oxygen atoms in total. The Balaban J connectivity index is 1.82. The number of nitrogens with zero attached hydrogens (tertiary/aromatic N) is 3. The molecule has 2 heterocycles. The first kappa shape index (κ1) is 16.3. The summed E-state index contributed by atoms with van der Waals surface area (Å²) in [5.41, 5.74) is 0.405. The van der Waals surface area contributed by atoms with Gasteiger partial charge in [-0.05, 0) is 31.2 Å². The molecular formula is C17H12FN3O4. The lowest BCUT2D eigenvalue weighted by Crippen LogP contribution is -1.95. The Labute approximate surface area is 141 Å². The first-order valence-electron chi connectivity index (χ1n) is 7.17. The normalized spacial score (nSPS) is 11.4. The van der Waals surface area contributed by atoms with Gasteiger partial charge in [-0.25, -0.2) is 14.2 Å². The zero-order valence-electron chi connectivity index (χ0n) is 13.0. The molecule has 0 spiro atoms. The molecule has 0 unspecified atom stereocenters. The minimum absolute atomic E-state index is 0.00721. The number of halogens is 1. The van der Waals surface area contributed by atoms with Crippen molar-refractivity contribution in [2.45, 2.75) is 6.92 Å². The minimum atomic E-state index is -1.10. The summed E-state index contributed by atoms with van der Waals surface area (Å²) in [5.74, 6) is -1.29. The van der Waals surface area contributed by atoms with Gasteiger partial charge in [-0.3, -0.25) is 0 Å². The molecule has 0 amide bonds. The van der Waals surface area contributed by atoms with E-state index < -0.39 is 11.8 Å². The molecule has 0 radical (unpaired) electrons. The molecule has 8 heteroatoms. The van der Waals surface area contributed by atoms with Gasteiger partial charge in [0, 0.05) is 29.5 Å². The van der Waals surface area contributed by atoms with Gasteiger partial charge in [0.2, 0.25) is 11.7 Å². The van der Waals surface area contributed by atoms with E-state index in [1.54, 1.807) is 24.3 Å². The summed E-state index contributed by atoms with van der Waals surface area (Å²) < 4.78 is 24.5. The van der Waals surface area contributed by atoms with Crippen LogP contribution in [-0.4, -0.2) is 26.2 Å². The number of benzene rings is 1. The molecule has 0 saturated heterocycles. The van der Waals surface area contributed by atoms with Gasteiger partial charge in [0.25, 0.3) is 5.89 Å². The van der Waals surface area contributed by atoms with E-state index in [1.807, 2.05) is 0 Å². The van der Waals surface area contributed by atoms with Gasteiger partial charge in [0.15, 0.2) is 11.6 Å². The average molecular weight is 341 g/mol. The summed E-state index contributed by atoms with van der Waals surface area (Å²) in [6, 6.07) is 9.23. The highest BCUT2D eigenvalue weighted by Crippen LogP contribution is 2.27. The van der Waals surface area contributed by atoms with Crippen LogP contribution < -0.4 is 4.74 Å². The highest BCUT2D eigenvalue weighted by Gasteiger charge is 2.13. The molecule has 25 heavy (non-hydrogen) atoms. The molecule has 0 aliphatic carbocycles. The number of carbonyl (C=O) groups is 1. The smallest absolute Gasteiger partial charge is 0.331 e. The maximum atomic E-state index is 14.2. The summed E-state index contributed by atoms with van der Waals surface area (Å²) in [6.07, 6.45) is 2.77. The van der Waals surface area contributed by atoms with E-state index in [1.165, 1.54) is 31.3 Å². The van der Waals surface area contributed by atoms with Crippen LogP contribution in [0.3, 0.4) is 0 Å². The lowest BCUT2D eigenvalue weighted by molar-refractivity contribution is -0.132. The van der Waals surface area contributed by atoms with E-state index in [-0.39, 0.29) is 28.9 Å². The van der Waals surface area contributed by atoms with Gasteiger partial charge in [-0.15, -0.1) is 0 Å². The van der Waals surface area contributed by atoms with Gasteiger partial charge in [0.1, 0.15) is 0 Å². The Morgan fingerprint density at radius 1 is 1.32 bits per heavy atom. The van der Waals surface area contributed by atoms with Crippen LogP contribution in [0.15, 0.2) is 52.7 Å².